The van der Waals surface area contributed by atoms with E-state index in [9.17, 15) is 0 Å². The molecule has 5 heteroatoms. The van der Waals surface area contributed by atoms with Crippen molar-refractivity contribution in [2.75, 3.05) is 44.9 Å². The first-order valence-electron chi connectivity index (χ1n) is 8.24. The van der Waals surface area contributed by atoms with E-state index in [1.54, 1.807) is 0 Å². The van der Waals surface area contributed by atoms with Gasteiger partial charge in [0, 0.05) is 44.2 Å². The summed E-state index contributed by atoms with van der Waals surface area (Å²) in [5.74, 6) is 0.892. The molecule has 0 aliphatic rings. The van der Waals surface area contributed by atoms with Crippen molar-refractivity contribution in [2.24, 2.45) is 4.99 Å². The van der Waals surface area contributed by atoms with Crippen LogP contribution in [0.2, 0.25) is 0 Å². The van der Waals surface area contributed by atoms with Gasteiger partial charge in [-0.25, -0.2) is 0 Å². The van der Waals surface area contributed by atoms with Gasteiger partial charge in [-0.3, -0.25) is 4.99 Å². The van der Waals surface area contributed by atoms with Gasteiger partial charge in [0.25, 0.3) is 0 Å². The van der Waals surface area contributed by atoms with Gasteiger partial charge < -0.3 is 15.5 Å². The van der Waals surface area contributed by atoms with E-state index in [0.717, 1.165) is 38.4 Å². The molecule has 0 amide bonds. The second kappa shape index (κ2) is 10.4. The summed E-state index contributed by atoms with van der Waals surface area (Å²) in [5.41, 5.74) is 1.28. The minimum Gasteiger partial charge on any atom is -0.375 e. The standard InChI is InChI=1S/C18H32N4S/c1-18(2,23-5)15-21-17(19-3)20-13-9-10-14-22(4)16-11-7-6-8-12-16/h6-8,11-12H,9-10,13-15H2,1-5H3,(H2,19,20,21). The molecule has 4 nitrogen and oxygen atoms in total. The molecule has 1 rings (SSSR count). The molecule has 2 N–H and O–H groups in total. The van der Waals surface area contributed by atoms with Crippen LogP contribution in [0, 0.1) is 0 Å². The third kappa shape index (κ3) is 8.16. The SMILES string of the molecule is CN=C(NCCCCN(C)c1ccccc1)NCC(C)(C)SC. The fraction of sp³-hybridized carbons (Fsp3) is 0.611. The Morgan fingerprint density at radius 1 is 1.17 bits per heavy atom. The quantitative estimate of drug-likeness (QED) is 0.413. The summed E-state index contributed by atoms with van der Waals surface area (Å²) in [6, 6.07) is 10.5. The predicted molar refractivity (Wildman–Crippen MR) is 106 cm³/mol. The third-order valence-electron chi connectivity index (χ3n) is 3.87. The molecule has 1 aromatic carbocycles. The average molecular weight is 337 g/mol. The molecule has 0 aliphatic carbocycles. The van der Waals surface area contributed by atoms with Crippen LogP contribution in [0.5, 0.6) is 0 Å². The van der Waals surface area contributed by atoms with Crippen molar-refractivity contribution >= 4 is 23.4 Å². The Bertz CT molecular complexity index is 459. The maximum absolute atomic E-state index is 4.28. The zero-order valence-corrected chi connectivity index (χ0v) is 16.0. The summed E-state index contributed by atoms with van der Waals surface area (Å²) in [6.45, 7) is 7.39. The summed E-state index contributed by atoms with van der Waals surface area (Å²) < 4.78 is 0.218. The number of anilines is 1. The molecule has 23 heavy (non-hydrogen) atoms. The lowest BCUT2D eigenvalue weighted by molar-refractivity contribution is 0.650. The summed E-state index contributed by atoms with van der Waals surface area (Å²) in [6.07, 6.45) is 4.43. The normalized spacial score (nSPS) is 12.1. The molecule has 0 unspecified atom stereocenters. The van der Waals surface area contributed by atoms with Crippen molar-refractivity contribution in [1.29, 1.82) is 0 Å². The molecule has 0 aliphatic heterocycles. The Labute approximate surface area is 146 Å². The van der Waals surface area contributed by atoms with E-state index in [4.69, 9.17) is 0 Å². The Kier molecular flexibility index (Phi) is 8.92. The number of nitrogens with zero attached hydrogens (tertiary/aromatic N) is 2. The van der Waals surface area contributed by atoms with Crippen LogP contribution >= 0.6 is 11.8 Å². The minimum atomic E-state index is 0.218. The van der Waals surface area contributed by atoms with Crippen LogP contribution in [0.3, 0.4) is 0 Å². The van der Waals surface area contributed by atoms with Gasteiger partial charge in [-0.2, -0.15) is 11.8 Å². The highest BCUT2D eigenvalue weighted by Crippen LogP contribution is 2.19. The molecule has 0 bridgehead atoms. The number of hydrogen-bond acceptors (Lipinski definition) is 3. The average Bonchev–Trinajstić information content (AvgIpc) is 2.57. The summed E-state index contributed by atoms with van der Waals surface area (Å²) in [4.78, 5) is 6.58. The zero-order valence-electron chi connectivity index (χ0n) is 15.2. The van der Waals surface area contributed by atoms with Gasteiger partial charge in [0.1, 0.15) is 0 Å². The van der Waals surface area contributed by atoms with Crippen molar-refractivity contribution in [3.8, 4) is 0 Å². The van der Waals surface area contributed by atoms with Gasteiger partial charge in [-0.05, 0) is 45.1 Å². The van der Waals surface area contributed by atoms with E-state index in [-0.39, 0.29) is 4.75 Å². The first-order valence-corrected chi connectivity index (χ1v) is 9.47. The molecule has 1 aromatic rings. The second-order valence-electron chi connectivity index (χ2n) is 6.28. The van der Waals surface area contributed by atoms with Gasteiger partial charge in [-0.1, -0.05) is 18.2 Å². The Morgan fingerprint density at radius 3 is 2.48 bits per heavy atom. The van der Waals surface area contributed by atoms with Gasteiger partial charge >= 0.3 is 0 Å². The number of para-hydroxylation sites is 1. The minimum absolute atomic E-state index is 0.218. The van der Waals surface area contributed by atoms with E-state index >= 15 is 0 Å². The van der Waals surface area contributed by atoms with Gasteiger partial charge in [-0.15, -0.1) is 0 Å². The number of unbranched alkanes of at least 4 members (excludes halogenated alkanes) is 1. The summed E-state index contributed by atoms with van der Waals surface area (Å²) in [5, 5.41) is 6.78. The molecule has 0 saturated heterocycles. The lowest BCUT2D eigenvalue weighted by Gasteiger charge is -2.24. The lowest BCUT2D eigenvalue weighted by Crippen LogP contribution is -2.43. The second-order valence-corrected chi connectivity index (χ2v) is 7.79. The van der Waals surface area contributed by atoms with Crippen LogP contribution in [0.4, 0.5) is 5.69 Å². The van der Waals surface area contributed by atoms with E-state index in [0.29, 0.717) is 0 Å². The maximum Gasteiger partial charge on any atom is 0.191 e. The number of aliphatic imine (C=N–C) groups is 1. The summed E-state index contributed by atoms with van der Waals surface area (Å²) >= 11 is 1.86. The van der Waals surface area contributed by atoms with E-state index < -0.39 is 0 Å². The van der Waals surface area contributed by atoms with Crippen LogP contribution in [-0.4, -0.2) is 50.7 Å². The summed E-state index contributed by atoms with van der Waals surface area (Å²) in [7, 11) is 3.97. The van der Waals surface area contributed by atoms with Crippen LogP contribution in [0.25, 0.3) is 0 Å². The fourth-order valence-electron chi connectivity index (χ4n) is 2.08. The topological polar surface area (TPSA) is 39.7 Å². The Hall–Kier alpha value is -1.36. The van der Waals surface area contributed by atoms with E-state index in [2.05, 4.69) is 78.0 Å². The number of nitrogens with one attached hydrogen (secondary N) is 2. The largest absolute Gasteiger partial charge is 0.375 e. The van der Waals surface area contributed by atoms with Gasteiger partial charge in [0.05, 0.1) is 0 Å². The molecule has 0 aromatic heterocycles. The molecular weight excluding hydrogens is 304 g/mol. The molecule has 0 fully saturated rings. The van der Waals surface area contributed by atoms with Crippen LogP contribution in [0.1, 0.15) is 26.7 Å². The Balaban J connectivity index is 2.18. The van der Waals surface area contributed by atoms with Crippen molar-refractivity contribution in [3.05, 3.63) is 30.3 Å². The number of benzene rings is 1. The van der Waals surface area contributed by atoms with Crippen molar-refractivity contribution in [2.45, 2.75) is 31.4 Å². The fourth-order valence-corrected chi connectivity index (χ4v) is 2.30. The molecule has 0 spiro atoms. The molecule has 0 heterocycles. The monoisotopic (exact) mass is 336 g/mol. The predicted octanol–water partition coefficient (Wildman–Crippen LogP) is 3.21. The van der Waals surface area contributed by atoms with Crippen molar-refractivity contribution < 1.29 is 0 Å². The third-order valence-corrected chi connectivity index (χ3v) is 5.12. The molecule has 130 valence electrons. The van der Waals surface area contributed by atoms with Crippen molar-refractivity contribution in [1.82, 2.24) is 10.6 Å². The first kappa shape index (κ1) is 19.7. The molecule has 0 radical (unpaired) electrons. The highest BCUT2D eigenvalue weighted by Gasteiger charge is 2.15. The number of hydrogen-bond donors (Lipinski definition) is 2. The van der Waals surface area contributed by atoms with Gasteiger partial charge in [0.2, 0.25) is 0 Å². The molecule has 0 atom stereocenters. The van der Waals surface area contributed by atoms with Crippen molar-refractivity contribution in [3.63, 3.8) is 0 Å². The number of rotatable bonds is 9. The van der Waals surface area contributed by atoms with Gasteiger partial charge in [0.15, 0.2) is 5.96 Å². The molecular formula is C18H32N4S. The smallest absolute Gasteiger partial charge is 0.191 e. The number of guanidine groups is 1. The highest BCUT2D eigenvalue weighted by molar-refractivity contribution is 7.99. The number of thioether (sulfide) groups is 1. The Morgan fingerprint density at radius 2 is 1.87 bits per heavy atom. The van der Waals surface area contributed by atoms with E-state index in [1.807, 2.05) is 18.8 Å². The zero-order chi connectivity index (χ0) is 17.1. The molecule has 0 saturated carbocycles. The van der Waals surface area contributed by atoms with Crippen LogP contribution < -0.4 is 15.5 Å². The first-order chi connectivity index (χ1) is 11.0. The van der Waals surface area contributed by atoms with Crippen LogP contribution in [0.15, 0.2) is 35.3 Å². The van der Waals surface area contributed by atoms with Crippen LogP contribution in [-0.2, 0) is 0 Å². The lowest BCUT2D eigenvalue weighted by atomic mass is 10.2. The van der Waals surface area contributed by atoms with E-state index in [1.165, 1.54) is 5.69 Å². The highest BCUT2D eigenvalue weighted by atomic mass is 32.2. The maximum atomic E-state index is 4.28.